The minimum Gasteiger partial charge on any atom is -0.458 e. The van der Waals surface area contributed by atoms with Gasteiger partial charge in [0.25, 0.3) is 0 Å². The molecule has 0 aromatic carbocycles. The fraction of sp³-hybridized carbons (Fsp3) is 0.750. The van der Waals surface area contributed by atoms with E-state index in [0.29, 0.717) is 0 Å². The van der Waals surface area contributed by atoms with Gasteiger partial charge >= 0.3 is 5.97 Å². The molecule has 0 aromatic heterocycles. The summed E-state index contributed by atoms with van der Waals surface area (Å²) in [6.45, 7) is 5.23. The van der Waals surface area contributed by atoms with Gasteiger partial charge in [-0.2, -0.15) is 0 Å². The van der Waals surface area contributed by atoms with Crippen LogP contribution in [-0.2, 0) is 19.1 Å². The molecule has 0 spiro atoms. The van der Waals surface area contributed by atoms with Crippen LogP contribution in [-0.4, -0.2) is 29.7 Å². The molecule has 2 unspecified atom stereocenters. The molecule has 1 heterocycles. The summed E-state index contributed by atoms with van der Waals surface area (Å²) < 4.78 is 9.71. The van der Waals surface area contributed by atoms with Crippen molar-refractivity contribution < 1.29 is 19.1 Å². The number of ether oxygens (including phenoxy) is 2. The highest BCUT2D eigenvalue weighted by Gasteiger charge is 2.51. The summed E-state index contributed by atoms with van der Waals surface area (Å²) in [5, 5.41) is 0. The maximum Gasteiger partial charge on any atom is 0.339 e. The Kier molecular flexibility index (Phi) is 2.30. The molecular weight excluding hydrogens is 174 g/mol. The Morgan fingerprint density at radius 3 is 2.15 bits per heavy atom. The largest absolute Gasteiger partial charge is 0.458 e. The minimum absolute atomic E-state index is 0.531. The highest BCUT2D eigenvalue weighted by molar-refractivity contribution is 5.91. The lowest BCUT2D eigenvalue weighted by Crippen LogP contribution is -2.30. The lowest BCUT2D eigenvalue weighted by Gasteiger charge is -2.18. The van der Waals surface area contributed by atoms with E-state index >= 15 is 0 Å². The van der Waals surface area contributed by atoms with Gasteiger partial charge in [0, 0.05) is 0 Å². The number of carbonyl (C=O) groups excluding carboxylic acids is 2. The number of amides is 1. The molecule has 1 fully saturated rings. The number of esters is 1. The third-order valence-electron chi connectivity index (χ3n) is 1.41. The summed E-state index contributed by atoms with van der Waals surface area (Å²) in [6.07, 6.45) is -1.59. The molecule has 5 nitrogen and oxygen atoms in total. The summed E-state index contributed by atoms with van der Waals surface area (Å²) in [5.41, 5.74) is 4.35. The van der Waals surface area contributed by atoms with Crippen molar-refractivity contribution in [1.82, 2.24) is 0 Å². The monoisotopic (exact) mass is 187 g/mol. The molecule has 2 atom stereocenters. The number of rotatable bonds is 2. The third kappa shape index (κ3) is 2.69. The van der Waals surface area contributed by atoms with E-state index in [9.17, 15) is 9.59 Å². The van der Waals surface area contributed by atoms with Crippen molar-refractivity contribution in [1.29, 1.82) is 0 Å². The second-order valence-corrected chi connectivity index (χ2v) is 3.91. The van der Waals surface area contributed by atoms with Crippen molar-refractivity contribution in [3.63, 3.8) is 0 Å². The Labute approximate surface area is 76.2 Å². The van der Waals surface area contributed by atoms with Crippen molar-refractivity contribution in [2.75, 3.05) is 0 Å². The Morgan fingerprint density at radius 1 is 1.31 bits per heavy atom. The van der Waals surface area contributed by atoms with Gasteiger partial charge in [-0.3, -0.25) is 4.79 Å². The zero-order valence-electron chi connectivity index (χ0n) is 7.87. The third-order valence-corrected chi connectivity index (χ3v) is 1.41. The Balaban J connectivity index is 2.40. The Morgan fingerprint density at radius 2 is 1.85 bits per heavy atom. The highest BCUT2D eigenvalue weighted by Crippen LogP contribution is 2.24. The predicted octanol–water partition coefficient (Wildman–Crippen LogP) is -0.419. The van der Waals surface area contributed by atoms with Gasteiger partial charge in [0.2, 0.25) is 5.91 Å². The van der Waals surface area contributed by atoms with Crippen LogP contribution >= 0.6 is 0 Å². The lowest BCUT2D eigenvalue weighted by atomic mass is 10.2. The van der Waals surface area contributed by atoms with E-state index < -0.39 is 29.7 Å². The van der Waals surface area contributed by atoms with Crippen LogP contribution in [0.3, 0.4) is 0 Å². The van der Waals surface area contributed by atoms with E-state index in [1.54, 1.807) is 20.8 Å². The van der Waals surface area contributed by atoms with Gasteiger partial charge in [-0.25, -0.2) is 4.79 Å². The van der Waals surface area contributed by atoms with Gasteiger partial charge in [0.15, 0.2) is 12.2 Å². The van der Waals surface area contributed by atoms with Gasteiger partial charge in [-0.05, 0) is 20.8 Å². The molecule has 13 heavy (non-hydrogen) atoms. The van der Waals surface area contributed by atoms with E-state index in [1.165, 1.54) is 0 Å². The number of primary amides is 1. The molecule has 1 aliphatic rings. The molecule has 0 aliphatic carbocycles. The fourth-order valence-electron chi connectivity index (χ4n) is 0.868. The van der Waals surface area contributed by atoms with Gasteiger partial charge in [0.1, 0.15) is 5.60 Å². The summed E-state index contributed by atoms with van der Waals surface area (Å²) in [5.74, 6) is -1.16. The molecule has 74 valence electrons. The summed E-state index contributed by atoms with van der Waals surface area (Å²) in [7, 11) is 0. The topological polar surface area (TPSA) is 81.9 Å². The van der Waals surface area contributed by atoms with Crippen molar-refractivity contribution in [3.05, 3.63) is 0 Å². The van der Waals surface area contributed by atoms with E-state index in [0.717, 1.165) is 0 Å². The number of hydrogen-bond acceptors (Lipinski definition) is 4. The number of hydrogen-bond donors (Lipinski definition) is 1. The summed E-state index contributed by atoms with van der Waals surface area (Å²) >= 11 is 0. The molecule has 0 aromatic rings. The van der Waals surface area contributed by atoms with Crippen LogP contribution in [0.4, 0.5) is 0 Å². The Hall–Kier alpha value is -1.10. The first-order valence-electron chi connectivity index (χ1n) is 3.99. The van der Waals surface area contributed by atoms with Crippen LogP contribution in [0.25, 0.3) is 0 Å². The first-order chi connectivity index (χ1) is 5.81. The SMILES string of the molecule is CC(C)(C)OC(=O)C1OC1C(N)=O. The van der Waals surface area contributed by atoms with Crippen LogP contribution in [0.5, 0.6) is 0 Å². The highest BCUT2D eigenvalue weighted by atomic mass is 16.6. The van der Waals surface area contributed by atoms with Crippen molar-refractivity contribution in [2.24, 2.45) is 5.73 Å². The first kappa shape index (κ1) is 9.98. The summed E-state index contributed by atoms with van der Waals surface area (Å²) in [6, 6.07) is 0. The molecule has 1 aliphatic heterocycles. The maximum atomic E-state index is 11.2. The average Bonchev–Trinajstić information content (AvgIpc) is 2.58. The van der Waals surface area contributed by atoms with Crippen LogP contribution in [0, 0.1) is 0 Å². The molecule has 1 amide bonds. The molecule has 0 saturated carbocycles. The van der Waals surface area contributed by atoms with Crippen LogP contribution in [0.15, 0.2) is 0 Å². The minimum atomic E-state index is -0.796. The van der Waals surface area contributed by atoms with Gasteiger partial charge < -0.3 is 15.2 Å². The quantitative estimate of drug-likeness (QED) is 0.470. The van der Waals surface area contributed by atoms with Gasteiger partial charge in [0.05, 0.1) is 0 Å². The second kappa shape index (κ2) is 2.99. The van der Waals surface area contributed by atoms with E-state index in [-0.39, 0.29) is 0 Å². The van der Waals surface area contributed by atoms with Crippen LogP contribution in [0.1, 0.15) is 20.8 Å². The van der Waals surface area contributed by atoms with Crippen LogP contribution < -0.4 is 5.73 Å². The van der Waals surface area contributed by atoms with Crippen molar-refractivity contribution in [3.8, 4) is 0 Å². The number of epoxide rings is 1. The van der Waals surface area contributed by atoms with E-state index in [4.69, 9.17) is 15.2 Å². The van der Waals surface area contributed by atoms with Crippen LogP contribution in [0.2, 0.25) is 0 Å². The zero-order chi connectivity index (χ0) is 10.2. The van der Waals surface area contributed by atoms with E-state index in [1.807, 2.05) is 0 Å². The van der Waals surface area contributed by atoms with Gasteiger partial charge in [-0.1, -0.05) is 0 Å². The van der Waals surface area contributed by atoms with Gasteiger partial charge in [-0.15, -0.1) is 0 Å². The molecule has 1 rings (SSSR count). The summed E-state index contributed by atoms with van der Waals surface area (Å²) in [4.78, 5) is 21.7. The zero-order valence-corrected chi connectivity index (χ0v) is 7.87. The molecule has 5 heteroatoms. The molecule has 0 radical (unpaired) electrons. The smallest absolute Gasteiger partial charge is 0.339 e. The lowest BCUT2D eigenvalue weighted by molar-refractivity contribution is -0.156. The number of carbonyl (C=O) groups is 2. The maximum absolute atomic E-state index is 11.2. The Bertz CT molecular complexity index is 243. The van der Waals surface area contributed by atoms with Crippen molar-refractivity contribution >= 4 is 11.9 Å². The standard InChI is InChI=1S/C8H13NO4/c1-8(2,3)13-7(11)5-4(12-5)6(9)10/h4-5H,1-3H3,(H2,9,10). The van der Waals surface area contributed by atoms with Crippen molar-refractivity contribution in [2.45, 2.75) is 38.6 Å². The average molecular weight is 187 g/mol. The molecular formula is C8H13NO4. The molecule has 1 saturated heterocycles. The fourth-order valence-corrected chi connectivity index (χ4v) is 0.868. The molecule has 2 N–H and O–H groups in total. The predicted molar refractivity (Wildman–Crippen MR) is 43.7 cm³/mol. The second-order valence-electron chi connectivity index (χ2n) is 3.91. The molecule has 0 bridgehead atoms. The normalized spacial score (nSPS) is 26.7. The van der Waals surface area contributed by atoms with E-state index in [2.05, 4.69) is 0 Å². The first-order valence-corrected chi connectivity index (χ1v) is 3.99. The number of nitrogens with two attached hydrogens (primary N) is 1.